The lowest BCUT2D eigenvalue weighted by Gasteiger charge is -2.18. The molecule has 1 aromatic carbocycles. The molecule has 25 heavy (non-hydrogen) atoms. The summed E-state index contributed by atoms with van der Waals surface area (Å²) in [7, 11) is 3.74. The Balaban J connectivity index is 1.93. The maximum atomic E-state index is 4.30. The van der Waals surface area contributed by atoms with E-state index in [1.807, 2.05) is 18.5 Å². The lowest BCUT2D eigenvalue weighted by molar-refractivity contribution is 0.645. The highest BCUT2D eigenvalue weighted by Crippen LogP contribution is 2.15. The number of aliphatic imine (C=N–C) groups is 1. The summed E-state index contributed by atoms with van der Waals surface area (Å²) in [6.07, 6.45) is 1.11. The van der Waals surface area contributed by atoms with Crippen LogP contribution in [0.4, 0.5) is 0 Å². The third-order valence-corrected chi connectivity index (χ3v) is 4.30. The van der Waals surface area contributed by atoms with E-state index in [1.54, 1.807) is 7.05 Å². The molecule has 0 bridgehead atoms. The fraction of sp³-hybridized carbons (Fsp3) is 0.526. The number of hydrogen-bond acceptors (Lipinski definition) is 3. The Morgan fingerprint density at radius 2 is 1.84 bits per heavy atom. The lowest BCUT2D eigenvalue weighted by atomic mass is 10.00. The standard InChI is InChI=1S/C19H30N6/c1-13(2)11-16-7-9-17(10-8-16)14(3)22-19(20-5)21-12-18-24-23-15(4)25(18)6/h7-10,13-14H,11-12H2,1-6H3,(H2,20,21,22). The van der Waals surface area contributed by atoms with E-state index in [-0.39, 0.29) is 6.04 Å². The van der Waals surface area contributed by atoms with Crippen LogP contribution in [-0.4, -0.2) is 27.8 Å². The Kier molecular flexibility index (Phi) is 6.56. The summed E-state index contributed by atoms with van der Waals surface area (Å²) in [5.74, 6) is 3.20. The molecule has 0 saturated heterocycles. The first-order valence-corrected chi connectivity index (χ1v) is 8.81. The van der Waals surface area contributed by atoms with E-state index in [4.69, 9.17) is 0 Å². The molecule has 0 saturated carbocycles. The molecule has 1 aromatic heterocycles. The average Bonchev–Trinajstić information content (AvgIpc) is 2.90. The van der Waals surface area contributed by atoms with Gasteiger partial charge in [0.1, 0.15) is 5.82 Å². The summed E-state index contributed by atoms with van der Waals surface area (Å²) in [5, 5.41) is 14.9. The second kappa shape index (κ2) is 8.65. The highest BCUT2D eigenvalue weighted by atomic mass is 15.3. The van der Waals surface area contributed by atoms with Gasteiger partial charge in [0.25, 0.3) is 0 Å². The van der Waals surface area contributed by atoms with Gasteiger partial charge < -0.3 is 15.2 Å². The Morgan fingerprint density at radius 1 is 1.16 bits per heavy atom. The zero-order valence-corrected chi connectivity index (χ0v) is 16.2. The molecule has 0 radical (unpaired) electrons. The van der Waals surface area contributed by atoms with E-state index >= 15 is 0 Å². The molecule has 2 aromatic rings. The quantitative estimate of drug-likeness (QED) is 0.626. The maximum Gasteiger partial charge on any atom is 0.191 e. The molecule has 0 aliphatic heterocycles. The first kappa shape index (κ1) is 19.0. The van der Waals surface area contributed by atoms with Gasteiger partial charge in [-0.3, -0.25) is 4.99 Å². The second-order valence-electron chi connectivity index (χ2n) is 6.85. The SMILES string of the molecule is CN=C(NCc1nnc(C)n1C)NC(C)c1ccc(CC(C)C)cc1. The Bertz CT molecular complexity index is 699. The molecule has 1 unspecified atom stereocenters. The number of benzene rings is 1. The van der Waals surface area contributed by atoms with E-state index < -0.39 is 0 Å². The van der Waals surface area contributed by atoms with Crippen molar-refractivity contribution in [3.63, 3.8) is 0 Å². The molecular formula is C19H30N6. The van der Waals surface area contributed by atoms with Crippen LogP contribution in [0.3, 0.4) is 0 Å². The van der Waals surface area contributed by atoms with Crippen molar-refractivity contribution in [3.8, 4) is 0 Å². The summed E-state index contributed by atoms with van der Waals surface area (Å²) >= 11 is 0. The van der Waals surface area contributed by atoms with Crippen LogP contribution in [0, 0.1) is 12.8 Å². The molecule has 6 nitrogen and oxygen atoms in total. The number of nitrogens with zero attached hydrogens (tertiary/aromatic N) is 4. The van der Waals surface area contributed by atoms with E-state index in [0.29, 0.717) is 12.5 Å². The van der Waals surface area contributed by atoms with Crippen LogP contribution < -0.4 is 10.6 Å². The third-order valence-electron chi connectivity index (χ3n) is 4.30. The van der Waals surface area contributed by atoms with Crippen molar-refractivity contribution >= 4 is 5.96 Å². The zero-order valence-electron chi connectivity index (χ0n) is 16.2. The molecule has 2 rings (SSSR count). The molecule has 1 atom stereocenters. The highest BCUT2D eigenvalue weighted by Gasteiger charge is 2.10. The van der Waals surface area contributed by atoms with Crippen molar-refractivity contribution in [3.05, 3.63) is 47.0 Å². The van der Waals surface area contributed by atoms with Crippen molar-refractivity contribution < 1.29 is 0 Å². The van der Waals surface area contributed by atoms with Crippen molar-refractivity contribution in [2.24, 2.45) is 18.0 Å². The van der Waals surface area contributed by atoms with Crippen LogP contribution in [-0.2, 0) is 20.0 Å². The van der Waals surface area contributed by atoms with Gasteiger partial charge in [-0.2, -0.15) is 0 Å². The van der Waals surface area contributed by atoms with Crippen LogP contribution in [0.2, 0.25) is 0 Å². The number of guanidine groups is 1. The van der Waals surface area contributed by atoms with Gasteiger partial charge >= 0.3 is 0 Å². The van der Waals surface area contributed by atoms with E-state index in [2.05, 4.69) is 70.9 Å². The van der Waals surface area contributed by atoms with Gasteiger partial charge in [0.05, 0.1) is 12.6 Å². The monoisotopic (exact) mass is 342 g/mol. The first-order valence-electron chi connectivity index (χ1n) is 8.81. The van der Waals surface area contributed by atoms with Crippen molar-refractivity contribution in [1.29, 1.82) is 0 Å². The smallest absolute Gasteiger partial charge is 0.191 e. The number of rotatable bonds is 6. The average molecular weight is 342 g/mol. The van der Waals surface area contributed by atoms with Gasteiger partial charge in [-0.1, -0.05) is 38.1 Å². The second-order valence-corrected chi connectivity index (χ2v) is 6.85. The molecule has 0 aliphatic carbocycles. The number of hydrogen-bond donors (Lipinski definition) is 2. The molecule has 0 amide bonds. The molecule has 1 heterocycles. The minimum Gasteiger partial charge on any atom is -0.350 e. The van der Waals surface area contributed by atoms with Gasteiger partial charge in [0.15, 0.2) is 11.8 Å². The van der Waals surface area contributed by atoms with Gasteiger partial charge in [0.2, 0.25) is 0 Å². The molecule has 0 spiro atoms. The summed E-state index contributed by atoms with van der Waals surface area (Å²) in [5.41, 5.74) is 2.62. The lowest BCUT2D eigenvalue weighted by Crippen LogP contribution is -2.38. The summed E-state index contributed by atoms with van der Waals surface area (Å²) < 4.78 is 1.97. The molecule has 0 aliphatic rings. The van der Waals surface area contributed by atoms with Crippen molar-refractivity contribution in [2.45, 2.75) is 46.7 Å². The highest BCUT2D eigenvalue weighted by molar-refractivity contribution is 5.80. The predicted octanol–water partition coefficient (Wildman–Crippen LogP) is 2.75. The predicted molar refractivity (Wildman–Crippen MR) is 102 cm³/mol. The fourth-order valence-electron chi connectivity index (χ4n) is 2.66. The van der Waals surface area contributed by atoms with Crippen LogP contribution in [0.1, 0.15) is 49.6 Å². The largest absolute Gasteiger partial charge is 0.350 e. The Hall–Kier alpha value is -2.37. The Morgan fingerprint density at radius 3 is 2.36 bits per heavy atom. The fourth-order valence-corrected chi connectivity index (χ4v) is 2.66. The van der Waals surface area contributed by atoms with Gasteiger partial charge in [-0.05, 0) is 37.3 Å². The van der Waals surface area contributed by atoms with Crippen molar-refractivity contribution in [1.82, 2.24) is 25.4 Å². The summed E-state index contributed by atoms with van der Waals surface area (Å²) in [6, 6.07) is 8.97. The van der Waals surface area contributed by atoms with Crippen LogP contribution in [0.25, 0.3) is 0 Å². The van der Waals surface area contributed by atoms with Crippen LogP contribution in [0.5, 0.6) is 0 Å². The van der Waals surface area contributed by atoms with E-state index in [9.17, 15) is 0 Å². The van der Waals surface area contributed by atoms with Gasteiger partial charge in [0, 0.05) is 14.1 Å². The molecule has 136 valence electrons. The minimum absolute atomic E-state index is 0.167. The number of aryl methyl sites for hydroxylation is 1. The summed E-state index contributed by atoms with van der Waals surface area (Å²) in [4.78, 5) is 4.30. The normalized spacial score (nSPS) is 13.2. The number of aromatic nitrogens is 3. The molecule has 0 fully saturated rings. The summed E-state index contributed by atoms with van der Waals surface area (Å²) in [6.45, 7) is 9.14. The van der Waals surface area contributed by atoms with E-state index in [0.717, 1.165) is 24.0 Å². The zero-order chi connectivity index (χ0) is 18.4. The van der Waals surface area contributed by atoms with Crippen LogP contribution in [0.15, 0.2) is 29.3 Å². The minimum atomic E-state index is 0.167. The molecular weight excluding hydrogens is 312 g/mol. The van der Waals surface area contributed by atoms with Crippen LogP contribution >= 0.6 is 0 Å². The third kappa shape index (κ3) is 5.31. The van der Waals surface area contributed by atoms with Gasteiger partial charge in [-0.15, -0.1) is 10.2 Å². The first-order chi connectivity index (χ1) is 11.9. The topological polar surface area (TPSA) is 67.1 Å². The molecule has 2 N–H and O–H groups in total. The van der Waals surface area contributed by atoms with Crippen molar-refractivity contribution in [2.75, 3.05) is 7.05 Å². The van der Waals surface area contributed by atoms with E-state index in [1.165, 1.54) is 11.1 Å². The number of nitrogens with one attached hydrogen (secondary N) is 2. The van der Waals surface area contributed by atoms with Gasteiger partial charge in [-0.25, -0.2) is 0 Å². The molecule has 6 heteroatoms. The maximum absolute atomic E-state index is 4.30. The Labute approximate surface area is 150 Å².